The van der Waals surface area contributed by atoms with Gasteiger partial charge in [0.2, 0.25) is 0 Å². The van der Waals surface area contributed by atoms with Crippen molar-refractivity contribution in [2.24, 2.45) is 10.8 Å². The van der Waals surface area contributed by atoms with Gasteiger partial charge in [-0.2, -0.15) is 0 Å². The van der Waals surface area contributed by atoms with Crippen LogP contribution in [0.4, 0.5) is 0 Å². The Morgan fingerprint density at radius 3 is 1.52 bits per heavy atom. The number of nitrogens with zero attached hydrogens (tertiary/aromatic N) is 1. The molecule has 0 radical (unpaired) electrons. The van der Waals surface area contributed by atoms with E-state index in [4.69, 9.17) is 14.2 Å². The Morgan fingerprint density at radius 1 is 0.630 bits per heavy atom. The van der Waals surface area contributed by atoms with E-state index in [-0.39, 0.29) is 34.8 Å². The predicted molar refractivity (Wildman–Crippen MR) is 191 cm³/mol. The molecule has 0 saturated carbocycles. The largest absolute Gasteiger partial charge is 0.465 e. The molecule has 7 heteroatoms. The molecule has 0 rings (SSSR count). The van der Waals surface area contributed by atoms with Gasteiger partial charge >= 0.3 is 17.9 Å². The average molecular weight is 650 g/mol. The van der Waals surface area contributed by atoms with E-state index in [1.807, 2.05) is 0 Å². The molecular weight excluding hydrogens is 578 g/mol. The van der Waals surface area contributed by atoms with Crippen LogP contribution in [0.5, 0.6) is 0 Å². The molecule has 7 nitrogen and oxygen atoms in total. The molecule has 0 aromatic rings. The van der Waals surface area contributed by atoms with Gasteiger partial charge in [0, 0.05) is 19.4 Å². The summed E-state index contributed by atoms with van der Waals surface area (Å²) in [6.45, 7) is 14.9. The summed E-state index contributed by atoms with van der Waals surface area (Å²) < 4.78 is 16.8. The van der Waals surface area contributed by atoms with E-state index >= 15 is 0 Å². The van der Waals surface area contributed by atoms with E-state index in [1.165, 1.54) is 0 Å². The SMILES string of the molecule is CCC/C=C\CCOC(=O)CCCCCC(CCCCCC(=O)OCC/C=C\CCC)OC(=O)CC(C)(C)CC(C)(C)CN(C)C. The monoisotopic (exact) mass is 650 g/mol. The van der Waals surface area contributed by atoms with Crippen molar-refractivity contribution >= 4 is 17.9 Å². The molecule has 0 aliphatic rings. The van der Waals surface area contributed by atoms with Crippen LogP contribution in [0.1, 0.15) is 157 Å². The van der Waals surface area contributed by atoms with Gasteiger partial charge in [-0.05, 0) is 95.6 Å². The summed E-state index contributed by atoms with van der Waals surface area (Å²) >= 11 is 0. The van der Waals surface area contributed by atoms with Gasteiger partial charge in [0.15, 0.2) is 0 Å². The van der Waals surface area contributed by atoms with Crippen molar-refractivity contribution in [1.29, 1.82) is 0 Å². The fourth-order valence-electron chi connectivity index (χ4n) is 6.22. The number of esters is 3. The van der Waals surface area contributed by atoms with Crippen molar-refractivity contribution in [2.45, 2.75) is 163 Å². The molecule has 0 bridgehead atoms. The minimum absolute atomic E-state index is 0.0898. The Bertz CT molecular complexity index is 817. The van der Waals surface area contributed by atoms with Gasteiger partial charge in [-0.3, -0.25) is 14.4 Å². The molecule has 0 aliphatic carbocycles. The maximum Gasteiger partial charge on any atom is 0.306 e. The minimum Gasteiger partial charge on any atom is -0.465 e. The van der Waals surface area contributed by atoms with E-state index in [1.54, 1.807) is 0 Å². The number of hydrogen-bond donors (Lipinski definition) is 0. The second-order valence-electron chi connectivity index (χ2n) is 14.8. The van der Waals surface area contributed by atoms with Crippen molar-refractivity contribution in [3.63, 3.8) is 0 Å². The van der Waals surface area contributed by atoms with Gasteiger partial charge in [0.25, 0.3) is 0 Å². The molecule has 0 atom stereocenters. The van der Waals surface area contributed by atoms with Crippen LogP contribution in [0.25, 0.3) is 0 Å². The van der Waals surface area contributed by atoms with Crippen LogP contribution in [0.2, 0.25) is 0 Å². The smallest absolute Gasteiger partial charge is 0.306 e. The lowest BCUT2D eigenvalue weighted by Gasteiger charge is -2.36. The van der Waals surface area contributed by atoms with Crippen LogP contribution in [-0.2, 0) is 28.6 Å². The van der Waals surface area contributed by atoms with Crippen LogP contribution in [0.15, 0.2) is 24.3 Å². The zero-order chi connectivity index (χ0) is 34.7. The van der Waals surface area contributed by atoms with Crippen LogP contribution in [0.3, 0.4) is 0 Å². The highest BCUT2D eigenvalue weighted by molar-refractivity contribution is 5.70. The van der Waals surface area contributed by atoms with E-state index in [0.29, 0.717) is 32.5 Å². The summed E-state index contributed by atoms with van der Waals surface area (Å²) in [5.74, 6) is -0.417. The second-order valence-corrected chi connectivity index (χ2v) is 14.8. The Morgan fingerprint density at radius 2 is 1.09 bits per heavy atom. The van der Waals surface area contributed by atoms with Crippen LogP contribution < -0.4 is 0 Å². The lowest BCUT2D eigenvalue weighted by Crippen LogP contribution is -2.34. The zero-order valence-corrected chi connectivity index (χ0v) is 31.1. The quantitative estimate of drug-likeness (QED) is 0.0345. The Kier molecular flexibility index (Phi) is 25.6. The summed E-state index contributed by atoms with van der Waals surface area (Å²) in [5.41, 5.74) is -0.0774. The standard InChI is InChI=1S/C39H71NO6/c1-9-11-13-15-23-29-44-35(41)27-21-17-19-25-34(26-20-18-22-28-36(42)45-30-24-16-14-12-10-2)46-37(43)31-38(3,4)32-39(5,6)33-40(7)8/h13-16,34H,9-12,17-33H2,1-8H3/b15-13-,16-14-. The number of rotatable bonds is 29. The second kappa shape index (κ2) is 26.9. The van der Waals surface area contributed by atoms with E-state index in [0.717, 1.165) is 103 Å². The molecule has 0 aliphatic heterocycles. The molecule has 0 fully saturated rings. The Labute approximate surface area is 283 Å². The molecule has 0 aromatic carbocycles. The minimum atomic E-state index is -0.167. The van der Waals surface area contributed by atoms with Crippen LogP contribution >= 0.6 is 0 Å². The lowest BCUT2D eigenvalue weighted by molar-refractivity contribution is -0.152. The molecule has 0 aromatic heterocycles. The summed E-state index contributed by atoms with van der Waals surface area (Å²) in [4.78, 5) is 39.5. The highest BCUT2D eigenvalue weighted by Gasteiger charge is 2.32. The van der Waals surface area contributed by atoms with Crippen molar-refractivity contribution in [2.75, 3.05) is 33.9 Å². The highest BCUT2D eigenvalue weighted by Crippen LogP contribution is 2.37. The van der Waals surface area contributed by atoms with Gasteiger partial charge < -0.3 is 19.1 Å². The number of carbonyl (C=O) groups is 3. The number of allylic oxidation sites excluding steroid dienone is 2. The molecule has 0 saturated heterocycles. The molecule has 0 amide bonds. The maximum absolute atomic E-state index is 13.1. The maximum atomic E-state index is 13.1. The first-order valence-corrected chi connectivity index (χ1v) is 18.3. The molecule has 0 unspecified atom stereocenters. The van der Waals surface area contributed by atoms with Crippen molar-refractivity contribution in [3.8, 4) is 0 Å². The van der Waals surface area contributed by atoms with Crippen molar-refractivity contribution in [3.05, 3.63) is 24.3 Å². The predicted octanol–water partition coefficient (Wildman–Crippen LogP) is 9.77. The Balaban J connectivity index is 4.72. The lowest BCUT2D eigenvalue weighted by atomic mass is 9.73. The molecule has 268 valence electrons. The van der Waals surface area contributed by atoms with Gasteiger partial charge in [0.05, 0.1) is 19.6 Å². The number of carbonyl (C=O) groups excluding carboxylic acids is 3. The third kappa shape index (κ3) is 28.1. The number of hydrogen-bond acceptors (Lipinski definition) is 7. The van der Waals surface area contributed by atoms with Gasteiger partial charge in [-0.25, -0.2) is 0 Å². The first-order chi connectivity index (χ1) is 21.8. The Hall–Kier alpha value is -2.15. The first kappa shape index (κ1) is 43.9. The normalized spacial score (nSPS) is 12.5. The molecule has 46 heavy (non-hydrogen) atoms. The first-order valence-electron chi connectivity index (χ1n) is 18.3. The highest BCUT2D eigenvalue weighted by atomic mass is 16.5. The van der Waals surface area contributed by atoms with Crippen LogP contribution in [-0.4, -0.2) is 62.8 Å². The van der Waals surface area contributed by atoms with E-state index in [9.17, 15) is 14.4 Å². The summed E-state index contributed by atoms with van der Waals surface area (Å²) in [5, 5.41) is 0. The molecular formula is C39H71NO6. The van der Waals surface area contributed by atoms with Crippen molar-refractivity contribution < 1.29 is 28.6 Å². The fraction of sp³-hybridized carbons (Fsp3) is 0.821. The number of ether oxygens (including phenoxy) is 3. The summed E-state index contributed by atoms with van der Waals surface area (Å²) in [6.07, 6.45) is 23.0. The summed E-state index contributed by atoms with van der Waals surface area (Å²) in [7, 11) is 4.17. The molecule has 0 spiro atoms. The van der Waals surface area contributed by atoms with Gasteiger partial charge in [0.1, 0.15) is 6.10 Å². The third-order valence-corrected chi connectivity index (χ3v) is 7.78. The molecule has 0 N–H and O–H groups in total. The van der Waals surface area contributed by atoms with E-state index in [2.05, 4.69) is 84.8 Å². The van der Waals surface area contributed by atoms with Gasteiger partial charge in [-0.1, -0.05) is 91.5 Å². The van der Waals surface area contributed by atoms with Gasteiger partial charge in [-0.15, -0.1) is 0 Å². The van der Waals surface area contributed by atoms with Crippen LogP contribution in [0, 0.1) is 10.8 Å². The third-order valence-electron chi connectivity index (χ3n) is 7.78. The summed E-state index contributed by atoms with van der Waals surface area (Å²) in [6, 6.07) is 0. The van der Waals surface area contributed by atoms with E-state index < -0.39 is 0 Å². The average Bonchev–Trinajstić information content (AvgIpc) is 2.94. The van der Waals surface area contributed by atoms with Crippen molar-refractivity contribution in [1.82, 2.24) is 4.90 Å². The zero-order valence-electron chi connectivity index (χ0n) is 31.1. The fourth-order valence-corrected chi connectivity index (χ4v) is 6.22. The number of unbranched alkanes of at least 4 members (excludes halogenated alkanes) is 6. The topological polar surface area (TPSA) is 82.1 Å². The molecule has 0 heterocycles.